The van der Waals surface area contributed by atoms with Crippen LogP contribution < -0.4 is 16.4 Å². The lowest BCUT2D eigenvalue weighted by Crippen LogP contribution is -2.29. The van der Waals surface area contributed by atoms with Gasteiger partial charge in [0, 0.05) is 11.4 Å². The molecule has 0 fully saturated rings. The van der Waals surface area contributed by atoms with E-state index in [-0.39, 0.29) is 17.3 Å². The summed E-state index contributed by atoms with van der Waals surface area (Å²) in [4.78, 5) is 35.4. The SMILES string of the molecule is CCOC(=O)c1ccc(NC(=O)C(=O)Nc2ccc(N)cc2Cl)cc1. The molecule has 25 heavy (non-hydrogen) atoms. The lowest BCUT2D eigenvalue weighted by Gasteiger charge is -2.09. The normalized spacial score (nSPS) is 10.0. The van der Waals surface area contributed by atoms with Crippen molar-refractivity contribution in [2.24, 2.45) is 0 Å². The summed E-state index contributed by atoms with van der Waals surface area (Å²) in [5.74, 6) is -2.23. The van der Waals surface area contributed by atoms with E-state index in [2.05, 4.69) is 10.6 Å². The molecular weight excluding hydrogens is 346 g/mol. The van der Waals surface area contributed by atoms with Crippen LogP contribution in [0.15, 0.2) is 42.5 Å². The number of rotatable bonds is 4. The molecule has 4 N–H and O–H groups in total. The highest BCUT2D eigenvalue weighted by molar-refractivity contribution is 6.44. The largest absolute Gasteiger partial charge is 0.462 e. The van der Waals surface area contributed by atoms with Gasteiger partial charge in [0.1, 0.15) is 0 Å². The van der Waals surface area contributed by atoms with Crippen molar-refractivity contribution in [1.29, 1.82) is 0 Å². The number of halogens is 1. The Hall–Kier alpha value is -3.06. The molecule has 0 aliphatic heterocycles. The van der Waals surface area contributed by atoms with Crippen LogP contribution in [0.1, 0.15) is 17.3 Å². The van der Waals surface area contributed by atoms with Gasteiger partial charge >= 0.3 is 17.8 Å². The molecule has 0 aliphatic rings. The van der Waals surface area contributed by atoms with Crippen LogP contribution in [-0.4, -0.2) is 24.4 Å². The maximum Gasteiger partial charge on any atom is 0.338 e. The Labute approximate surface area is 149 Å². The van der Waals surface area contributed by atoms with Crippen molar-refractivity contribution in [2.45, 2.75) is 6.92 Å². The predicted octanol–water partition coefficient (Wildman–Crippen LogP) is 2.68. The van der Waals surface area contributed by atoms with E-state index in [1.54, 1.807) is 13.0 Å². The number of ether oxygens (including phenoxy) is 1. The summed E-state index contributed by atoms with van der Waals surface area (Å²) in [6, 6.07) is 10.5. The summed E-state index contributed by atoms with van der Waals surface area (Å²) in [6.45, 7) is 1.98. The van der Waals surface area contributed by atoms with Crippen LogP contribution in [0.3, 0.4) is 0 Å². The molecule has 0 saturated carbocycles. The highest BCUT2D eigenvalue weighted by Crippen LogP contribution is 2.24. The van der Waals surface area contributed by atoms with Gasteiger partial charge in [0.25, 0.3) is 0 Å². The van der Waals surface area contributed by atoms with Crippen molar-refractivity contribution in [2.75, 3.05) is 23.0 Å². The zero-order chi connectivity index (χ0) is 18.4. The number of hydrogen-bond acceptors (Lipinski definition) is 5. The van der Waals surface area contributed by atoms with Crippen LogP contribution in [0.25, 0.3) is 0 Å². The fourth-order valence-corrected chi connectivity index (χ4v) is 2.14. The monoisotopic (exact) mass is 361 g/mol. The second-order valence-corrected chi connectivity index (χ2v) is 5.35. The summed E-state index contributed by atoms with van der Waals surface area (Å²) < 4.78 is 4.86. The number of carbonyl (C=O) groups is 3. The van der Waals surface area contributed by atoms with Crippen molar-refractivity contribution in [3.05, 3.63) is 53.1 Å². The maximum atomic E-state index is 11.9. The number of carbonyl (C=O) groups excluding carboxylic acids is 3. The number of anilines is 3. The Morgan fingerprint density at radius 3 is 2.28 bits per heavy atom. The second kappa shape index (κ2) is 8.16. The molecule has 0 unspecified atom stereocenters. The van der Waals surface area contributed by atoms with Gasteiger partial charge in [-0.1, -0.05) is 11.6 Å². The van der Waals surface area contributed by atoms with Crippen molar-refractivity contribution in [1.82, 2.24) is 0 Å². The van der Waals surface area contributed by atoms with Gasteiger partial charge in [0.15, 0.2) is 0 Å². The molecule has 0 radical (unpaired) electrons. The minimum atomic E-state index is -0.888. The van der Waals surface area contributed by atoms with E-state index in [0.29, 0.717) is 16.9 Å². The lowest BCUT2D eigenvalue weighted by molar-refractivity contribution is -0.132. The number of esters is 1. The highest BCUT2D eigenvalue weighted by Gasteiger charge is 2.16. The Morgan fingerprint density at radius 2 is 1.68 bits per heavy atom. The van der Waals surface area contributed by atoms with Gasteiger partial charge in [-0.3, -0.25) is 9.59 Å². The molecule has 130 valence electrons. The second-order valence-electron chi connectivity index (χ2n) is 4.95. The minimum Gasteiger partial charge on any atom is -0.462 e. The smallest absolute Gasteiger partial charge is 0.338 e. The van der Waals surface area contributed by atoms with Gasteiger partial charge in [0.05, 0.1) is 22.9 Å². The molecule has 0 heterocycles. The van der Waals surface area contributed by atoms with E-state index in [4.69, 9.17) is 22.1 Å². The predicted molar refractivity (Wildman–Crippen MR) is 95.5 cm³/mol. The number of nitrogen functional groups attached to an aromatic ring is 1. The first-order chi connectivity index (χ1) is 11.9. The zero-order valence-corrected chi connectivity index (χ0v) is 14.1. The van der Waals surface area contributed by atoms with E-state index in [0.717, 1.165) is 0 Å². The molecule has 2 amide bonds. The summed E-state index contributed by atoms with van der Waals surface area (Å²) in [5.41, 5.74) is 6.98. The summed E-state index contributed by atoms with van der Waals surface area (Å²) in [5, 5.41) is 5.03. The van der Waals surface area contributed by atoms with Crippen LogP contribution in [0.2, 0.25) is 5.02 Å². The molecule has 0 aromatic heterocycles. The number of benzene rings is 2. The molecule has 2 rings (SSSR count). The minimum absolute atomic E-state index is 0.222. The Morgan fingerprint density at radius 1 is 1.04 bits per heavy atom. The number of hydrogen-bond donors (Lipinski definition) is 3. The quantitative estimate of drug-likeness (QED) is 0.440. The topological polar surface area (TPSA) is 111 Å². The molecule has 2 aromatic carbocycles. The van der Waals surface area contributed by atoms with Crippen molar-refractivity contribution in [3.63, 3.8) is 0 Å². The van der Waals surface area contributed by atoms with E-state index in [1.165, 1.54) is 36.4 Å². The van der Waals surface area contributed by atoms with Gasteiger partial charge in [-0.2, -0.15) is 0 Å². The van der Waals surface area contributed by atoms with Crippen LogP contribution in [0.5, 0.6) is 0 Å². The van der Waals surface area contributed by atoms with Gasteiger partial charge < -0.3 is 21.1 Å². The average Bonchev–Trinajstić information content (AvgIpc) is 2.58. The van der Waals surface area contributed by atoms with E-state index >= 15 is 0 Å². The third-order valence-electron chi connectivity index (χ3n) is 3.10. The van der Waals surface area contributed by atoms with Gasteiger partial charge in [-0.15, -0.1) is 0 Å². The van der Waals surface area contributed by atoms with Gasteiger partial charge in [-0.05, 0) is 49.4 Å². The zero-order valence-electron chi connectivity index (χ0n) is 13.3. The standard InChI is InChI=1S/C17H16ClN3O4/c1-2-25-17(24)10-3-6-12(7-4-10)20-15(22)16(23)21-14-8-5-11(19)9-13(14)18/h3-9H,2,19H2,1H3,(H,20,22)(H,21,23). The molecule has 8 heteroatoms. The van der Waals surface area contributed by atoms with Gasteiger partial charge in [0.2, 0.25) is 0 Å². The molecule has 0 atom stereocenters. The Kier molecular flexibility index (Phi) is 5.97. The highest BCUT2D eigenvalue weighted by atomic mass is 35.5. The number of nitrogens with one attached hydrogen (secondary N) is 2. The van der Waals surface area contributed by atoms with E-state index < -0.39 is 17.8 Å². The number of nitrogens with two attached hydrogens (primary N) is 1. The first-order valence-corrected chi connectivity index (χ1v) is 7.73. The van der Waals surface area contributed by atoms with Crippen molar-refractivity contribution >= 4 is 46.4 Å². The summed E-state index contributed by atoms with van der Waals surface area (Å²) in [7, 11) is 0. The van der Waals surface area contributed by atoms with Crippen molar-refractivity contribution < 1.29 is 19.1 Å². The van der Waals surface area contributed by atoms with Crippen LogP contribution in [-0.2, 0) is 14.3 Å². The Balaban J connectivity index is 1.99. The van der Waals surface area contributed by atoms with Crippen LogP contribution >= 0.6 is 11.6 Å². The average molecular weight is 362 g/mol. The summed E-state index contributed by atoms with van der Waals surface area (Å²) >= 11 is 5.94. The molecule has 7 nitrogen and oxygen atoms in total. The fraction of sp³-hybridized carbons (Fsp3) is 0.118. The molecule has 0 saturated heterocycles. The molecule has 0 aliphatic carbocycles. The molecular formula is C17H16ClN3O4. The number of amides is 2. The third-order valence-corrected chi connectivity index (χ3v) is 3.41. The third kappa shape index (κ3) is 4.95. The van der Waals surface area contributed by atoms with Crippen LogP contribution in [0, 0.1) is 0 Å². The molecule has 2 aromatic rings. The molecule has 0 bridgehead atoms. The maximum absolute atomic E-state index is 11.9. The Bertz CT molecular complexity index is 806. The molecule has 0 spiro atoms. The van der Waals surface area contributed by atoms with E-state index in [9.17, 15) is 14.4 Å². The van der Waals surface area contributed by atoms with Gasteiger partial charge in [-0.25, -0.2) is 4.79 Å². The summed E-state index contributed by atoms with van der Waals surface area (Å²) in [6.07, 6.45) is 0. The van der Waals surface area contributed by atoms with Crippen LogP contribution in [0.4, 0.5) is 17.1 Å². The first-order valence-electron chi connectivity index (χ1n) is 7.35. The van der Waals surface area contributed by atoms with Crippen molar-refractivity contribution in [3.8, 4) is 0 Å². The lowest BCUT2D eigenvalue weighted by atomic mass is 10.2. The fourth-order valence-electron chi connectivity index (χ4n) is 1.90. The van der Waals surface area contributed by atoms with E-state index in [1.807, 2.05) is 0 Å². The first kappa shape index (κ1) is 18.3.